The van der Waals surface area contributed by atoms with E-state index in [9.17, 15) is 0 Å². The molecule has 0 fully saturated rings. The summed E-state index contributed by atoms with van der Waals surface area (Å²) >= 11 is -2.05. The van der Waals surface area contributed by atoms with Crippen LogP contribution < -0.4 is 0 Å². The van der Waals surface area contributed by atoms with Gasteiger partial charge in [-0.1, -0.05) is 0 Å². The van der Waals surface area contributed by atoms with Gasteiger partial charge in [-0.05, 0) is 0 Å². The van der Waals surface area contributed by atoms with Gasteiger partial charge in [0.05, 0.1) is 0 Å². The van der Waals surface area contributed by atoms with Gasteiger partial charge in [-0.2, -0.15) is 0 Å². The van der Waals surface area contributed by atoms with Crippen LogP contribution >= 0.6 is 17.0 Å². The Hall–Kier alpha value is 0.293. The predicted molar refractivity (Wildman–Crippen MR) is 60.6 cm³/mol. The molecule has 1 aliphatic rings. The van der Waals surface area contributed by atoms with Crippen LogP contribution in [0.5, 0.6) is 0 Å². The van der Waals surface area contributed by atoms with Crippen molar-refractivity contribution in [1.82, 2.24) is 0 Å². The molecular formula is C11H10Cl2Zr. The third-order valence-electron chi connectivity index (χ3n) is 2.43. The van der Waals surface area contributed by atoms with E-state index >= 15 is 0 Å². The summed E-state index contributed by atoms with van der Waals surface area (Å²) in [5.41, 5.74) is 2.74. The van der Waals surface area contributed by atoms with Crippen LogP contribution in [0.3, 0.4) is 0 Å². The van der Waals surface area contributed by atoms with Gasteiger partial charge in [0.2, 0.25) is 0 Å². The van der Waals surface area contributed by atoms with Crippen molar-refractivity contribution in [1.29, 1.82) is 0 Å². The number of halogens is 2. The minimum atomic E-state index is -2.05. The Morgan fingerprint density at radius 3 is 2.86 bits per heavy atom. The monoisotopic (exact) mass is 302 g/mol. The molecule has 0 N–H and O–H groups in total. The first-order valence-electron chi connectivity index (χ1n) is 4.55. The zero-order chi connectivity index (χ0) is 9.97. The van der Waals surface area contributed by atoms with Crippen molar-refractivity contribution >= 4 is 26.8 Å². The van der Waals surface area contributed by atoms with Crippen molar-refractivity contribution in [3.8, 4) is 0 Å². The third kappa shape index (κ3) is 2.45. The number of hydrogen-bond donors (Lipinski definition) is 0. The van der Waals surface area contributed by atoms with E-state index in [2.05, 4.69) is 40.1 Å². The molecule has 1 aliphatic carbocycles. The van der Waals surface area contributed by atoms with Crippen molar-refractivity contribution in [3.05, 3.63) is 41.5 Å². The van der Waals surface area contributed by atoms with Crippen molar-refractivity contribution in [2.75, 3.05) is 0 Å². The van der Waals surface area contributed by atoms with Crippen LogP contribution in [0.4, 0.5) is 0 Å². The summed E-state index contributed by atoms with van der Waals surface area (Å²) in [6, 6.07) is 8.48. The molecule has 0 aliphatic heterocycles. The molecule has 0 heterocycles. The van der Waals surface area contributed by atoms with E-state index in [1.54, 1.807) is 0 Å². The maximum absolute atomic E-state index is 5.87. The van der Waals surface area contributed by atoms with E-state index in [1.165, 1.54) is 11.1 Å². The fourth-order valence-corrected chi connectivity index (χ4v) is 3.86. The Morgan fingerprint density at radius 1 is 1.29 bits per heavy atom. The molecule has 0 amide bonds. The van der Waals surface area contributed by atoms with Gasteiger partial charge in [-0.3, -0.25) is 0 Å². The van der Waals surface area contributed by atoms with Gasteiger partial charge in [-0.15, -0.1) is 0 Å². The molecule has 72 valence electrons. The molecule has 0 nitrogen and oxygen atoms in total. The number of benzene rings is 1. The first-order chi connectivity index (χ1) is 6.77. The van der Waals surface area contributed by atoms with Crippen LogP contribution in [0, 0.1) is 0 Å². The second-order valence-electron chi connectivity index (χ2n) is 3.32. The molecule has 1 atom stereocenters. The summed E-state index contributed by atoms with van der Waals surface area (Å²) in [7, 11) is 11.7. The fraction of sp³-hybridized carbons (Fsp3) is 0.182. The molecule has 0 radical (unpaired) electrons. The number of allylic oxidation sites excluding steroid dienone is 1. The van der Waals surface area contributed by atoms with E-state index in [-0.39, 0.29) is 0 Å². The van der Waals surface area contributed by atoms with Crippen molar-refractivity contribution < 1.29 is 18.9 Å². The molecule has 0 spiro atoms. The molecule has 1 aromatic rings. The predicted octanol–water partition coefficient (Wildman–Crippen LogP) is 3.92. The molecule has 0 saturated heterocycles. The molecule has 0 saturated carbocycles. The van der Waals surface area contributed by atoms with Gasteiger partial charge in [-0.25, -0.2) is 0 Å². The molecule has 2 rings (SSSR count). The van der Waals surface area contributed by atoms with Gasteiger partial charge in [0.1, 0.15) is 0 Å². The fourth-order valence-electron chi connectivity index (χ4n) is 1.75. The van der Waals surface area contributed by atoms with E-state index in [1.807, 2.05) is 0 Å². The van der Waals surface area contributed by atoms with Gasteiger partial charge >= 0.3 is 99.5 Å². The van der Waals surface area contributed by atoms with E-state index in [0.717, 1.165) is 6.42 Å². The molecule has 14 heavy (non-hydrogen) atoms. The van der Waals surface area contributed by atoms with Crippen LogP contribution in [0.2, 0.25) is 0 Å². The zero-order valence-electron chi connectivity index (χ0n) is 7.58. The first kappa shape index (κ1) is 10.8. The van der Waals surface area contributed by atoms with E-state index in [0.29, 0.717) is 5.92 Å². The van der Waals surface area contributed by atoms with E-state index in [4.69, 9.17) is 17.0 Å². The molecular weight excluding hydrogens is 294 g/mol. The summed E-state index contributed by atoms with van der Waals surface area (Å²) in [6.45, 7) is 0. The Morgan fingerprint density at radius 2 is 2.07 bits per heavy atom. The Bertz CT molecular complexity index is 392. The molecule has 1 aromatic carbocycles. The number of hydrogen-bond acceptors (Lipinski definition) is 0. The minimum absolute atomic E-state index is 0.499. The zero-order valence-corrected chi connectivity index (χ0v) is 11.6. The quantitative estimate of drug-likeness (QED) is 0.777. The molecule has 0 aromatic heterocycles. The summed E-state index contributed by atoms with van der Waals surface area (Å²) in [6.07, 6.45) is 5.41. The van der Waals surface area contributed by atoms with Gasteiger partial charge in [0, 0.05) is 0 Å². The van der Waals surface area contributed by atoms with Crippen molar-refractivity contribution in [2.24, 2.45) is 0 Å². The number of rotatable bonds is 2. The van der Waals surface area contributed by atoms with Gasteiger partial charge in [0.15, 0.2) is 0 Å². The average Bonchev–Trinajstić information content (AvgIpc) is 2.58. The topological polar surface area (TPSA) is 0 Å². The van der Waals surface area contributed by atoms with Crippen LogP contribution in [0.15, 0.2) is 30.3 Å². The van der Waals surface area contributed by atoms with Crippen LogP contribution in [-0.4, -0.2) is 3.71 Å². The summed E-state index contributed by atoms with van der Waals surface area (Å²) in [5, 5.41) is 0. The molecule has 3 heteroatoms. The second kappa shape index (κ2) is 4.88. The van der Waals surface area contributed by atoms with Crippen LogP contribution in [-0.2, 0) is 18.9 Å². The Balaban J connectivity index is 2.19. The van der Waals surface area contributed by atoms with E-state index < -0.39 is 18.9 Å². The average molecular weight is 304 g/mol. The second-order valence-corrected chi connectivity index (χ2v) is 11.7. The third-order valence-corrected chi connectivity index (χ3v) is 5.59. The van der Waals surface area contributed by atoms with Crippen molar-refractivity contribution in [2.45, 2.75) is 12.3 Å². The SMILES string of the molecule is [Cl][Zr]([Cl])=[CH]CC1C=Cc2ccccc21. The summed E-state index contributed by atoms with van der Waals surface area (Å²) < 4.78 is 2.13. The van der Waals surface area contributed by atoms with Gasteiger partial charge in [0.25, 0.3) is 0 Å². The summed E-state index contributed by atoms with van der Waals surface area (Å²) in [4.78, 5) is 0. The standard InChI is InChI=1S/C11H10.2ClH.Zr/c1-2-9-7-8-10-5-3-4-6-11(9)10;;;/h1,3-9H,2H2;2*1H;/q;;;+2/p-2. The summed E-state index contributed by atoms with van der Waals surface area (Å²) in [5.74, 6) is 0.499. The van der Waals surface area contributed by atoms with Crippen LogP contribution in [0.1, 0.15) is 23.5 Å². The maximum atomic E-state index is 5.87. The van der Waals surface area contributed by atoms with Crippen LogP contribution in [0.25, 0.3) is 6.08 Å². The Labute approximate surface area is 98.8 Å². The number of fused-ring (bicyclic) bond motifs is 1. The molecule has 1 unspecified atom stereocenters. The normalized spacial score (nSPS) is 18.0. The first-order valence-corrected chi connectivity index (χ1v) is 12.3. The van der Waals surface area contributed by atoms with Gasteiger partial charge < -0.3 is 0 Å². The molecule has 0 bridgehead atoms. The van der Waals surface area contributed by atoms with Crippen molar-refractivity contribution in [3.63, 3.8) is 0 Å². The Kier molecular flexibility index (Phi) is 3.76.